The fraction of sp³-hybridized carbons (Fsp3) is 0.667. The van der Waals surface area contributed by atoms with Gasteiger partial charge in [0.25, 0.3) is 0 Å². The van der Waals surface area contributed by atoms with Crippen LogP contribution in [-0.2, 0) is 14.3 Å². The molecule has 15 heavy (non-hydrogen) atoms. The van der Waals surface area contributed by atoms with Crippen molar-refractivity contribution in [2.75, 3.05) is 6.61 Å². The van der Waals surface area contributed by atoms with Crippen molar-refractivity contribution in [3.8, 4) is 0 Å². The van der Waals surface area contributed by atoms with Crippen LogP contribution in [0.5, 0.6) is 0 Å². The van der Waals surface area contributed by atoms with Crippen molar-refractivity contribution in [2.24, 2.45) is 5.92 Å². The minimum atomic E-state index is -0.259. The topological polar surface area (TPSA) is 43.4 Å². The zero-order valence-electron chi connectivity index (χ0n) is 9.20. The van der Waals surface area contributed by atoms with E-state index in [-0.39, 0.29) is 24.1 Å². The van der Waals surface area contributed by atoms with Crippen LogP contribution in [0.15, 0.2) is 12.2 Å². The molecule has 0 aromatic heterocycles. The lowest BCUT2D eigenvalue weighted by Crippen LogP contribution is -2.19. The Morgan fingerprint density at radius 3 is 3.07 bits per heavy atom. The van der Waals surface area contributed by atoms with Crippen molar-refractivity contribution in [3.63, 3.8) is 0 Å². The Bertz CT molecular complexity index is 256. The summed E-state index contributed by atoms with van der Waals surface area (Å²) in [7, 11) is 0. The summed E-state index contributed by atoms with van der Waals surface area (Å²) < 4.78 is 4.85. The van der Waals surface area contributed by atoms with Gasteiger partial charge in [0, 0.05) is 5.92 Å². The molecule has 3 heteroatoms. The molecule has 0 fully saturated rings. The van der Waals surface area contributed by atoms with Crippen LogP contribution >= 0.6 is 0 Å². The summed E-state index contributed by atoms with van der Waals surface area (Å²) in [4.78, 5) is 22.9. The smallest absolute Gasteiger partial charge is 0.306 e. The Hall–Kier alpha value is -1.12. The van der Waals surface area contributed by atoms with Gasteiger partial charge in [-0.25, -0.2) is 0 Å². The summed E-state index contributed by atoms with van der Waals surface area (Å²) in [6.07, 6.45) is 7.64. The Morgan fingerprint density at radius 1 is 1.53 bits per heavy atom. The fourth-order valence-corrected chi connectivity index (χ4v) is 1.75. The number of hydrogen-bond donors (Lipinski definition) is 0. The van der Waals surface area contributed by atoms with Crippen LogP contribution in [0.25, 0.3) is 0 Å². The third-order valence-corrected chi connectivity index (χ3v) is 2.58. The van der Waals surface area contributed by atoms with E-state index in [2.05, 4.69) is 0 Å². The molecule has 0 saturated heterocycles. The van der Waals surface area contributed by atoms with Gasteiger partial charge in [0.1, 0.15) is 0 Å². The molecule has 1 unspecified atom stereocenters. The van der Waals surface area contributed by atoms with Crippen molar-refractivity contribution >= 4 is 11.8 Å². The average molecular weight is 210 g/mol. The van der Waals surface area contributed by atoms with Crippen molar-refractivity contribution in [1.82, 2.24) is 0 Å². The number of carbonyl (C=O) groups is 2. The molecule has 1 aliphatic rings. The number of carbonyl (C=O) groups excluding carboxylic acids is 2. The average Bonchev–Trinajstić information content (AvgIpc) is 2.18. The third kappa shape index (κ3) is 4.28. The number of hydrogen-bond acceptors (Lipinski definition) is 3. The van der Waals surface area contributed by atoms with Crippen LogP contribution in [0.4, 0.5) is 0 Å². The second-order valence-electron chi connectivity index (χ2n) is 3.80. The highest BCUT2D eigenvalue weighted by molar-refractivity contribution is 5.94. The van der Waals surface area contributed by atoms with Crippen molar-refractivity contribution in [3.05, 3.63) is 12.2 Å². The third-order valence-electron chi connectivity index (χ3n) is 2.58. The van der Waals surface area contributed by atoms with Gasteiger partial charge in [-0.3, -0.25) is 9.59 Å². The highest BCUT2D eigenvalue weighted by atomic mass is 16.5. The van der Waals surface area contributed by atoms with E-state index in [0.29, 0.717) is 6.61 Å². The van der Waals surface area contributed by atoms with Crippen LogP contribution in [-0.4, -0.2) is 18.4 Å². The summed E-state index contributed by atoms with van der Waals surface area (Å²) in [6, 6.07) is 0. The minimum Gasteiger partial charge on any atom is -0.466 e. The molecule has 0 N–H and O–H groups in total. The molecule has 1 rings (SSSR count). The number of allylic oxidation sites excluding steroid dienone is 2. The molecule has 0 heterocycles. The maximum atomic E-state index is 11.6. The van der Waals surface area contributed by atoms with Gasteiger partial charge in [-0.2, -0.15) is 0 Å². The van der Waals surface area contributed by atoms with E-state index in [9.17, 15) is 9.59 Å². The maximum absolute atomic E-state index is 11.6. The molecule has 3 nitrogen and oxygen atoms in total. The molecule has 0 saturated carbocycles. The first-order chi connectivity index (χ1) is 7.24. The number of esters is 1. The Morgan fingerprint density at radius 2 is 2.33 bits per heavy atom. The summed E-state index contributed by atoms with van der Waals surface area (Å²) in [5.41, 5.74) is 0. The van der Waals surface area contributed by atoms with E-state index < -0.39 is 0 Å². The number of rotatable bonds is 3. The second kappa shape index (κ2) is 6.38. The lowest BCUT2D eigenvalue weighted by Gasteiger charge is -2.14. The van der Waals surface area contributed by atoms with Crippen molar-refractivity contribution in [2.45, 2.75) is 39.0 Å². The lowest BCUT2D eigenvalue weighted by molar-refractivity contribution is -0.145. The van der Waals surface area contributed by atoms with E-state index in [0.717, 1.165) is 25.7 Å². The van der Waals surface area contributed by atoms with Gasteiger partial charge in [-0.1, -0.05) is 12.5 Å². The van der Waals surface area contributed by atoms with E-state index >= 15 is 0 Å². The normalized spacial score (nSPS) is 24.1. The van der Waals surface area contributed by atoms with Gasteiger partial charge in [-0.15, -0.1) is 0 Å². The largest absolute Gasteiger partial charge is 0.466 e. The summed E-state index contributed by atoms with van der Waals surface area (Å²) >= 11 is 0. The maximum Gasteiger partial charge on any atom is 0.306 e. The van der Waals surface area contributed by atoms with Crippen LogP contribution < -0.4 is 0 Å². The SMILES string of the molecule is CCOC(=O)CC1CCCC/C=C\C1=O. The van der Waals surface area contributed by atoms with E-state index in [1.807, 2.05) is 6.08 Å². The van der Waals surface area contributed by atoms with Crippen molar-refractivity contribution < 1.29 is 14.3 Å². The molecule has 1 atom stereocenters. The first-order valence-electron chi connectivity index (χ1n) is 5.60. The molecule has 0 amide bonds. The van der Waals surface area contributed by atoms with Gasteiger partial charge in [0.05, 0.1) is 13.0 Å². The summed E-state index contributed by atoms with van der Waals surface area (Å²) in [5, 5.41) is 0. The van der Waals surface area contributed by atoms with E-state index in [4.69, 9.17) is 4.74 Å². The van der Waals surface area contributed by atoms with Crippen molar-refractivity contribution in [1.29, 1.82) is 0 Å². The molecule has 84 valence electrons. The second-order valence-corrected chi connectivity index (χ2v) is 3.80. The van der Waals surface area contributed by atoms with Crippen LogP contribution in [0.1, 0.15) is 39.0 Å². The molecule has 0 bridgehead atoms. The van der Waals surface area contributed by atoms with Gasteiger partial charge >= 0.3 is 5.97 Å². The molecule has 1 aliphatic carbocycles. The monoisotopic (exact) mass is 210 g/mol. The zero-order chi connectivity index (χ0) is 11.1. The Balaban J connectivity index is 2.49. The van der Waals surface area contributed by atoms with Crippen LogP contribution in [0, 0.1) is 5.92 Å². The summed E-state index contributed by atoms with van der Waals surface area (Å²) in [5.74, 6) is -0.354. The molecule has 0 aliphatic heterocycles. The molecular weight excluding hydrogens is 192 g/mol. The minimum absolute atomic E-state index is 0.0720. The fourth-order valence-electron chi connectivity index (χ4n) is 1.75. The number of ketones is 1. The zero-order valence-corrected chi connectivity index (χ0v) is 9.20. The predicted octanol–water partition coefficient (Wildman–Crippen LogP) is 2.26. The molecule has 0 spiro atoms. The lowest BCUT2D eigenvalue weighted by atomic mass is 9.91. The highest BCUT2D eigenvalue weighted by Crippen LogP contribution is 2.19. The highest BCUT2D eigenvalue weighted by Gasteiger charge is 2.20. The van der Waals surface area contributed by atoms with Gasteiger partial charge < -0.3 is 4.74 Å². The van der Waals surface area contributed by atoms with Gasteiger partial charge in [0.2, 0.25) is 0 Å². The predicted molar refractivity (Wildman–Crippen MR) is 57.4 cm³/mol. The first kappa shape index (κ1) is 12.0. The van der Waals surface area contributed by atoms with Gasteiger partial charge in [-0.05, 0) is 32.3 Å². The standard InChI is InChI=1S/C12H18O3/c1-2-15-12(14)9-10-7-5-3-4-6-8-11(10)13/h6,8,10H,2-5,7,9H2,1H3/b8-6-. The van der Waals surface area contributed by atoms with Crippen LogP contribution in [0.2, 0.25) is 0 Å². The Kier molecular flexibility index (Phi) is 5.08. The van der Waals surface area contributed by atoms with E-state index in [1.165, 1.54) is 0 Å². The number of ether oxygens (including phenoxy) is 1. The molecule has 0 aromatic carbocycles. The Labute approximate surface area is 90.5 Å². The van der Waals surface area contributed by atoms with Gasteiger partial charge in [0.15, 0.2) is 5.78 Å². The van der Waals surface area contributed by atoms with Crippen LogP contribution in [0.3, 0.4) is 0 Å². The summed E-state index contributed by atoms with van der Waals surface area (Å²) in [6.45, 7) is 2.16. The molecule has 0 aromatic rings. The molecular formula is C12H18O3. The quantitative estimate of drug-likeness (QED) is 0.671. The first-order valence-corrected chi connectivity index (χ1v) is 5.60. The molecule has 0 radical (unpaired) electrons. The van der Waals surface area contributed by atoms with E-state index in [1.54, 1.807) is 13.0 Å².